The summed E-state index contributed by atoms with van der Waals surface area (Å²) in [5.41, 5.74) is 0.0554. The van der Waals surface area contributed by atoms with Crippen LogP contribution in [-0.2, 0) is 25.4 Å². The van der Waals surface area contributed by atoms with Crippen LogP contribution in [0.5, 0.6) is 0 Å². The van der Waals surface area contributed by atoms with E-state index in [1.54, 1.807) is 6.07 Å². The molecule has 3 rings (SSSR count). The van der Waals surface area contributed by atoms with E-state index < -0.39 is 17.2 Å². The monoisotopic (exact) mass is 342 g/mol. The number of aromatic nitrogens is 4. The van der Waals surface area contributed by atoms with Crippen LogP contribution in [0.1, 0.15) is 16.1 Å². The molecule has 0 radical (unpaired) electrons. The van der Waals surface area contributed by atoms with E-state index in [0.29, 0.717) is 11.0 Å². The molecule has 0 atom stereocenters. The number of carbonyl (C=O) groups excluding carboxylic acids is 1. The maximum atomic E-state index is 12.2. The molecule has 0 aliphatic carbocycles. The van der Waals surface area contributed by atoms with Gasteiger partial charge in [-0.1, -0.05) is 0 Å². The van der Waals surface area contributed by atoms with Gasteiger partial charge in [0.2, 0.25) is 0 Å². The second-order valence-electron chi connectivity index (χ2n) is 5.43. The number of hydrogen-bond acceptors (Lipinski definition) is 6. The predicted octanol–water partition coefficient (Wildman–Crippen LogP) is -0.322. The van der Waals surface area contributed by atoms with Crippen molar-refractivity contribution in [2.45, 2.75) is 6.61 Å². The van der Waals surface area contributed by atoms with E-state index in [0.717, 1.165) is 10.8 Å². The first-order valence-corrected chi connectivity index (χ1v) is 7.29. The van der Waals surface area contributed by atoms with E-state index in [9.17, 15) is 19.2 Å². The quantitative estimate of drug-likeness (QED) is 0.652. The van der Waals surface area contributed by atoms with Crippen molar-refractivity contribution in [3.8, 4) is 0 Å². The number of nitrogens with zero attached hydrogens (tertiary/aromatic N) is 3. The Morgan fingerprint density at radius 2 is 1.92 bits per heavy atom. The van der Waals surface area contributed by atoms with Crippen molar-refractivity contribution in [2.75, 3.05) is 0 Å². The van der Waals surface area contributed by atoms with Crippen molar-refractivity contribution in [1.82, 2.24) is 19.1 Å². The maximum absolute atomic E-state index is 12.2. The van der Waals surface area contributed by atoms with Crippen molar-refractivity contribution in [3.63, 3.8) is 0 Å². The number of rotatable bonds is 3. The molecule has 0 spiro atoms. The Hall–Kier alpha value is -3.49. The smallest absolute Gasteiger partial charge is 0.338 e. The molecule has 0 aliphatic rings. The van der Waals surface area contributed by atoms with Crippen LogP contribution in [0.15, 0.2) is 44.8 Å². The summed E-state index contributed by atoms with van der Waals surface area (Å²) in [6, 6.07) is 5.78. The first-order chi connectivity index (χ1) is 11.9. The van der Waals surface area contributed by atoms with Gasteiger partial charge in [0.25, 0.3) is 11.1 Å². The molecule has 1 aromatic carbocycles. The molecule has 2 aromatic heterocycles. The summed E-state index contributed by atoms with van der Waals surface area (Å²) >= 11 is 0. The van der Waals surface area contributed by atoms with Gasteiger partial charge >= 0.3 is 11.7 Å². The summed E-state index contributed by atoms with van der Waals surface area (Å²) in [5, 5.41) is 0. The Kier molecular flexibility index (Phi) is 4.05. The van der Waals surface area contributed by atoms with Crippen molar-refractivity contribution < 1.29 is 9.53 Å². The molecule has 0 fully saturated rings. The fourth-order valence-corrected chi connectivity index (χ4v) is 2.31. The van der Waals surface area contributed by atoms with E-state index in [2.05, 4.69) is 9.97 Å². The Labute approximate surface area is 140 Å². The van der Waals surface area contributed by atoms with Crippen LogP contribution in [0.3, 0.4) is 0 Å². The molecule has 0 unspecified atom stereocenters. The highest BCUT2D eigenvalue weighted by atomic mass is 16.5. The molecule has 1 N–H and O–H groups in total. The van der Waals surface area contributed by atoms with Gasteiger partial charge in [-0.25, -0.2) is 14.6 Å². The summed E-state index contributed by atoms with van der Waals surface area (Å²) < 4.78 is 7.35. The lowest BCUT2D eigenvalue weighted by molar-refractivity contribution is 0.0463. The van der Waals surface area contributed by atoms with Crippen LogP contribution in [0.25, 0.3) is 11.0 Å². The topological polar surface area (TPSA) is 116 Å². The van der Waals surface area contributed by atoms with Crippen molar-refractivity contribution in [2.24, 2.45) is 14.1 Å². The Morgan fingerprint density at radius 1 is 1.16 bits per heavy atom. The number of aromatic amines is 1. The number of H-pyrrole nitrogens is 1. The number of ether oxygens (including phenoxy) is 1. The van der Waals surface area contributed by atoms with Gasteiger partial charge in [-0.3, -0.25) is 18.7 Å². The predicted molar refractivity (Wildman–Crippen MR) is 88.4 cm³/mol. The van der Waals surface area contributed by atoms with Crippen LogP contribution in [0.2, 0.25) is 0 Å². The zero-order valence-corrected chi connectivity index (χ0v) is 13.5. The van der Waals surface area contributed by atoms with Gasteiger partial charge in [-0.05, 0) is 18.2 Å². The van der Waals surface area contributed by atoms with E-state index in [4.69, 9.17) is 4.74 Å². The molecular weight excluding hydrogens is 328 g/mol. The summed E-state index contributed by atoms with van der Waals surface area (Å²) in [7, 11) is 2.85. The largest absolute Gasteiger partial charge is 0.456 e. The van der Waals surface area contributed by atoms with Crippen molar-refractivity contribution in [3.05, 3.63) is 72.9 Å². The van der Waals surface area contributed by atoms with Crippen LogP contribution in [-0.4, -0.2) is 25.1 Å². The normalized spacial score (nSPS) is 10.8. The maximum Gasteiger partial charge on any atom is 0.338 e. The third kappa shape index (κ3) is 3.11. The zero-order valence-electron chi connectivity index (χ0n) is 13.5. The fourth-order valence-electron chi connectivity index (χ4n) is 2.31. The molecule has 3 aromatic rings. The van der Waals surface area contributed by atoms with E-state index in [1.807, 2.05) is 0 Å². The lowest BCUT2D eigenvalue weighted by Gasteiger charge is -2.10. The van der Waals surface area contributed by atoms with Gasteiger partial charge in [-0.2, -0.15) is 0 Å². The zero-order chi connectivity index (χ0) is 18.1. The molecule has 2 heterocycles. The van der Waals surface area contributed by atoms with E-state index in [-0.39, 0.29) is 23.4 Å². The van der Waals surface area contributed by atoms with Gasteiger partial charge in [0.1, 0.15) is 6.61 Å². The fraction of sp³-hybridized carbons (Fsp3) is 0.188. The molecule has 25 heavy (non-hydrogen) atoms. The Balaban J connectivity index is 1.85. The van der Waals surface area contributed by atoms with Crippen LogP contribution in [0, 0.1) is 0 Å². The second-order valence-corrected chi connectivity index (χ2v) is 5.43. The number of hydrogen-bond donors (Lipinski definition) is 1. The molecule has 9 heteroatoms. The Morgan fingerprint density at radius 3 is 2.68 bits per heavy atom. The van der Waals surface area contributed by atoms with Crippen LogP contribution in [0.4, 0.5) is 0 Å². The molecule has 0 amide bonds. The van der Waals surface area contributed by atoms with Gasteiger partial charge < -0.3 is 9.72 Å². The highest BCUT2D eigenvalue weighted by Gasteiger charge is 2.12. The molecular formula is C16H14N4O5. The van der Waals surface area contributed by atoms with E-state index in [1.165, 1.54) is 36.9 Å². The number of benzene rings is 1. The molecule has 9 nitrogen and oxygen atoms in total. The van der Waals surface area contributed by atoms with Crippen molar-refractivity contribution >= 4 is 17.0 Å². The van der Waals surface area contributed by atoms with E-state index >= 15 is 0 Å². The first-order valence-electron chi connectivity index (χ1n) is 7.29. The number of carbonyl (C=O) groups is 1. The number of nitrogens with one attached hydrogen (secondary N) is 1. The Bertz CT molecular complexity index is 1160. The minimum atomic E-state index is -0.653. The molecule has 128 valence electrons. The first kappa shape index (κ1) is 16.4. The third-order valence-electron chi connectivity index (χ3n) is 3.79. The van der Waals surface area contributed by atoms with Gasteiger partial charge in [-0.15, -0.1) is 0 Å². The highest BCUT2D eigenvalue weighted by Crippen LogP contribution is 2.11. The van der Waals surface area contributed by atoms with Gasteiger partial charge in [0.15, 0.2) is 0 Å². The second kappa shape index (κ2) is 6.19. The lowest BCUT2D eigenvalue weighted by atomic mass is 10.2. The number of esters is 1. The molecule has 0 aliphatic heterocycles. The minimum Gasteiger partial charge on any atom is -0.456 e. The standard InChI is InChI=1S/C16H14N4O5/c1-19-10(6-14(22)20(2)16(19)24)8-25-15(23)9-3-4-11-12(5-9)18-13(21)7-17-11/h3-7H,8H2,1-2H3,(H,18,21). The number of fused-ring (bicyclic) bond motifs is 1. The molecule has 0 saturated heterocycles. The summed E-state index contributed by atoms with van der Waals surface area (Å²) in [5.74, 6) is -0.653. The van der Waals surface area contributed by atoms with Gasteiger partial charge in [0, 0.05) is 20.2 Å². The summed E-state index contributed by atoms with van der Waals surface area (Å²) in [6.45, 7) is -0.234. The molecule has 0 bridgehead atoms. The SMILES string of the molecule is Cn1c(COC(=O)c2ccc3ncc(=O)[nH]c3c2)cc(=O)n(C)c1=O. The third-order valence-corrected chi connectivity index (χ3v) is 3.79. The van der Waals surface area contributed by atoms with Crippen LogP contribution < -0.4 is 16.8 Å². The molecule has 0 saturated carbocycles. The lowest BCUT2D eigenvalue weighted by Crippen LogP contribution is -2.38. The average Bonchev–Trinajstić information content (AvgIpc) is 2.60. The van der Waals surface area contributed by atoms with Crippen molar-refractivity contribution in [1.29, 1.82) is 0 Å². The highest BCUT2D eigenvalue weighted by molar-refractivity contribution is 5.93. The average molecular weight is 342 g/mol. The van der Waals surface area contributed by atoms with Crippen LogP contribution >= 0.6 is 0 Å². The minimum absolute atomic E-state index is 0.213. The summed E-state index contributed by atoms with van der Waals surface area (Å²) in [6.07, 6.45) is 1.15. The summed E-state index contributed by atoms with van der Waals surface area (Å²) in [4.78, 5) is 53.5. The van der Waals surface area contributed by atoms with Gasteiger partial charge in [0.05, 0.1) is 28.5 Å².